The third-order valence-electron chi connectivity index (χ3n) is 2.05. The lowest BCUT2D eigenvalue weighted by atomic mass is 10.1. The highest BCUT2D eigenvalue weighted by Gasteiger charge is 2.31. The molecule has 0 radical (unpaired) electrons. The fraction of sp³-hybridized carbons (Fsp3) is 0.400. The Balaban J connectivity index is 2.73. The molecule has 1 aromatic rings. The number of benzene rings is 1. The molecule has 0 saturated heterocycles. The Hall–Kier alpha value is -1.31. The quantitative estimate of drug-likeness (QED) is 0.617. The first-order chi connectivity index (χ1) is 7.96. The van der Waals surface area contributed by atoms with Crippen molar-refractivity contribution in [3.8, 4) is 5.75 Å². The molecule has 0 aromatic heterocycles. The SMILES string of the molecule is COCC(NN)c1ccc(OC(F)(F)F)cc1. The first kappa shape index (κ1) is 13.8. The molecule has 4 nitrogen and oxygen atoms in total. The number of ether oxygens (including phenoxy) is 2. The van der Waals surface area contributed by atoms with E-state index in [1.165, 1.54) is 31.4 Å². The number of halogens is 3. The van der Waals surface area contributed by atoms with E-state index >= 15 is 0 Å². The van der Waals surface area contributed by atoms with Crippen LogP contribution < -0.4 is 16.0 Å². The summed E-state index contributed by atoms with van der Waals surface area (Å²) >= 11 is 0. The van der Waals surface area contributed by atoms with E-state index in [2.05, 4.69) is 10.2 Å². The number of rotatable bonds is 5. The van der Waals surface area contributed by atoms with E-state index in [1.54, 1.807) is 0 Å². The van der Waals surface area contributed by atoms with Crippen LogP contribution in [0.5, 0.6) is 5.75 Å². The molecule has 96 valence electrons. The summed E-state index contributed by atoms with van der Waals surface area (Å²) in [7, 11) is 1.51. The highest BCUT2D eigenvalue weighted by Crippen LogP contribution is 2.24. The Morgan fingerprint density at radius 1 is 1.29 bits per heavy atom. The summed E-state index contributed by atoms with van der Waals surface area (Å²) in [6, 6.07) is 5.15. The van der Waals surface area contributed by atoms with Crippen molar-refractivity contribution in [3.05, 3.63) is 29.8 Å². The van der Waals surface area contributed by atoms with Gasteiger partial charge in [-0.1, -0.05) is 12.1 Å². The lowest BCUT2D eigenvalue weighted by Gasteiger charge is -2.16. The Bertz CT molecular complexity index is 340. The molecule has 0 heterocycles. The van der Waals surface area contributed by atoms with Gasteiger partial charge in [0.05, 0.1) is 12.6 Å². The van der Waals surface area contributed by atoms with Crippen LogP contribution in [0.15, 0.2) is 24.3 Å². The molecule has 1 atom stereocenters. The molecule has 0 aliphatic rings. The topological polar surface area (TPSA) is 56.5 Å². The predicted octanol–water partition coefficient (Wildman–Crippen LogP) is 1.74. The fourth-order valence-electron chi connectivity index (χ4n) is 1.31. The van der Waals surface area contributed by atoms with Gasteiger partial charge in [0.15, 0.2) is 0 Å². The summed E-state index contributed by atoms with van der Waals surface area (Å²) in [6.07, 6.45) is -4.68. The number of alkyl halides is 3. The van der Waals surface area contributed by atoms with E-state index < -0.39 is 6.36 Å². The summed E-state index contributed by atoms with van der Waals surface area (Å²) in [4.78, 5) is 0. The molecule has 1 aromatic carbocycles. The van der Waals surface area contributed by atoms with E-state index in [1.807, 2.05) is 0 Å². The van der Waals surface area contributed by atoms with Gasteiger partial charge in [0, 0.05) is 7.11 Å². The molecule has 1 rings (SSSR count). The van der Waals surface area contributed by atoms with Crippen LogP contribution in [-0.2, 0) is 4.74 Å². The van der Waals surface area contributed by atoms with Crippen molar-refractivity contribution in [2.75, 3.05) is 13.7 Å². The van der Waals surface area contributed by atoms with Gasteiger partial charge in [-0.25, -0.2) is 0 Å². The van der Waals surface area contributed by atoms with E-state index in [-0.39, 0.29) is 11.8 Å². The maximum atomic E-state index is 11.9. The normalized spacial score (nSPS) is 13.5. The van der Waals surface area contributed by atoms with Crippen molar-refractivity contribution < 1.29 is 22.6 Å². The Labute approximate surface area is 96.5 Å². The molecule has 1 unspecified atom stereocenters. The van der Waals surface area contributed by atoms with Gasteiger partial charge in [0.2, 0.25) is 0 Å². The highest BCUT2D eigenvalue weighted by molar-refractivity contribution is 5.29. The molecular formula is C10H13F3N2O2. The highest BCUT2D eigenvalue weighted by atomic mass is 19.4. The molecule has 0 fully saturated rings. The minimum atomic E-state index is -4.68. The maximum absolute atomic E-state index is 11.9. The van der Waals surface area contributed by atoms with Gasteiger partial charge in [0.25, 0.3) is 0 Å². The van der Waals surface area contributed by atoms with Crippen LogP contribution >= 0.6 is 0 Å². The summed E-state index contributed by atoms with van der Waals surface area (Å²) in [5, 5.41) is 0. The molecule has 0 amide bonds. The third kappa shape index (κ3) is 4.59. The van der Waals surface area contributed by atoms with Crippen molar-refractivity contribution in [2.45, 2.75) is 12.4 Å². The fourth-order valence-corrected chi connectivity index (χ4v) is 1.31. The first-order valence-electron chi connectivity index (χ1n) is 4.77. The monoisotopic (exact) mass is 250 g/mol. The van der Waals surface area contributed by atoms with Gasteiger partial charge >= 0.3 is 6.36 Å². The molecule has 7 heteroatoms. The lowest BCUT2D eigenvalue weighted by molar-refractivity contribution is -0.274. The van der Waals surface area contributed by atoms with Crippen molar-refractivity contribution in [1.29, 1.82) is 0 Å². The van der Waals surface area contributed by atoms with Crippen molar-refractivity contribution >= 4 is 0 Å². The van der Waals surface area contributed by atoms with Crippen molar-refractivity contribution in [3.63, 3.8) is 0 Å². The zero-order valence-electron chi connectivity index (χ0n) is 9.12. The molecule has 17 heavy (non-hydrogen) atoms. The van der Waals surface area contributed by atoms with Crippen LogP contribution in [0.1, 0.15) is 11.6 Å². The third-order valence-corrected chi connectivity index (χ3v) is 2.05. The van der Waals surface area contributed by atoms with Gasteiger partial charge in [-0.3, -0.25) is 11.3 Å². The molecule has 3 N–H and O–H groups in total. The van der Waals surface area contributed by atoms with Crippen LogP contribution in [0.4, 0.5) is 13.2 Å². The van der Waals surface area contributed by atoms with Gasteiger partial charge in [-0.15, -0.1) is 13.2 Å². The summed E-state index contributed by atoms with van der Waals surface area (Å²) in [6.45, 7) is 0.315. The van der Waals surface area contributed by atoms with Crippen LogP contribution in [-0.4, -0.2) is 20.1 Å². The largest absolute Gasteiger partial charge is 0.573 e. The summed E-state index contributed by atoms with van der Waals surface area (Å²) < 4.78 is 44.4. The minimum absolute atomic E-state index is 0.269. The number of hydrazine groups is 1. The van der Waals surface area contributed by atoms with Crippen LogP contribution in [0.3, 0.4) is 0 Å². The Morgan fingerprint density at radius 2 is 1.88 bits per heavy atom. The smallest absolute Gasteiger partial charge is 0.406 e. The van der Waals surface area contributed by atoms with E-state index in [0.29, 0.717) is 12.2 Å². The summed E-state index contributed by atoms with van der Waals surface area (Å²) in [5.41, 5.74) is 3.21. The first-order valence-corrected chi connectivity index (χ1v) is 4.77. The molecule has 0 aliphatic carbocycles. The number of nitrogens with two attached hydrogens (primary N) is 1. The molecule has 0 bridgehead atoms. The molecular weight excluding hydrogens is 237 g/mol. The minimum Gasteiger partial charge on any atom is -0.406 e. The predicted molar refractivity (Wildman–Crippen MR) is 55.1 cm³/mol. The van der Waals surface area contributed by atoms with Crippen LogP contribution in [0.2, 0.25) is 0 Å². The van der Waals surface area contributed by atoms with E-state index in [0.717, 1.165) is 0 Å². The maximum Gasteiger partial charge on any atom is 0.573 e. The van der Waals surface area contributed by atoms with Gasteiger partial charge in [0.1, 0.15) is 5.75 Å². The average molecular weight is 250 g/mol. The van der Waals surface area contributed by atoms with E-state index in [9.17, 15) is 13.2 Å². The van der Waals surface area contributed by atoms with Crippen LogP contribution in [0.25, 0.3) is 0 Å². The second-order valence-electron chi connectivity index (χ2n) is 3.29. The van der Waals surface area contributed by atoms with Crippen molar-refractivity contribution in [2.24, 2.45) is 5.84 Å². The second kappa shape index (κ2) is 5.85. The van der Waals surface area contributed by atoms with E-state index in [4.69, 9.17) is 10.6 Å². The standard InChI is InChI=1S/C10H13F3N2O2/c1-16-6-9(15-14)7-2-4-8(5-3-7)17-10(11,12)13/h2-5,9,15H,6,14H2,1H3. The van der Waals surface area contributed by atoms with Gasteiger partial charge in [-0.05, 0) is 17.7 Å². The number of nitrogens with one attached hydrogen (secondary N) is 1. The number of hydrogen-bond acceptors (Lipinski definition) is 4. The van der Waals surface area contributed by atoms with Gasteiger partial charge in [-0.2, -0.15) is 0 Å². The number of hydrogen-bond donors (Lipinski definition) is 2. The average Bonchev–Trinajstić information content (AvgIpc) is 2.25. The second-order valence-corrected chi connectivity index (χ2v) is 3.29. The zero-order chi connectivity index (χ0) is 12.9. The summed E-state index contributed by atoms with van der Waals surface area (Å²) in [5.74, 6) is 5.02. The zero-order valence-corrected chi connectivity index (χ0v) is 9.12. The number of methoxy groups -OCH3 is 1. The molecule has 0 saturated carbocycles. The van der Waals surface area contributed by atoms with Crippen LogP contribution in [0, 0.1) is 0 Å². The molecule has 0 spiro atoms. The lowest BCUT2D eigenvalue weighted by Crippen LogP contribution is -2.31. The molecule has 0 aliphatic heterocycles. The van der Waals surface area contributed by atoms with Gasteiger partial charge < -0.3 is 9.47 Å². The Kier molecular flexibility index (Phi) is 4.73. The van der Waals surface area contributed by atoms with Crippen molar-refractivity contribution in [1.82, 2.24) is 5.43 Å². The Morgan fingerprint density at radius 3 is 2.29 bits per heavy atom.